The SMILES string of the molecule is c1ccc2c3c4ccccc4c(c2c1)C12c4c5c6c1c1c7c8c9c%10c(c%11c4c4c%12c5c5c%13c%14c%15c%16c%17c%18c%19c%20c%21c(c5c6c5c1c1c7c6c9c7c9c%10c%10c%11c4c4c(c%14%12)c%15c%11c%17c%12c%14c%18c%15c%20c(c%215)c1c1c6c7c(c%14c%151)c1c9c%10c4c%11c%121)C%131c4c5ccccc5c(c5ccccc45)C%16%191)C382. The number of hydrogen-bond acceptors (Lipinski definition) is 0. The van der Waals surface area contributed by atoms with Gasteiger partial charge in [0.2, 0.25) is 0 Å². The lowest BCUT2D eigenvalue weighted by molar-refractivity contribution is 0.446. The summed E-state index contributed by atoms with van der Waals surface area (Å²) in [5, 5.41) is 108. The molecule has 0 aromatic heterocycles. The monoisotopic (exact) mass is 1190 g/mol. The molecule has 0 saturated carbocycles. The third kappa shape index (κ3) is 2.01. The summed E-state index contributed by atoms with van der Waals surface area (Å²) in [5.74, 6) is 0. The fourth-order valence-electron chi connectivity index (χ4n) is 35.4. The molecule has 47 rings (SSSR count). The average Bonchev–Trinajstić information content (AvgIpc) is 1.37. The molecule has 0 amide bonds. The van der Waals surface area contributed by atoms with E-state index < -0.39 is 21.7 Å². The Hall–Kier alpha value is -12.2. The van der Waals surface area contributed by atoms with Crippen LogP contribution in [0.2, 0.25) is 0 Å². The molecule has 0 heterocycles. The van der Waals surface area contributed by atoms with E-state index in [4.69, 9.17) is 0 Å². The summed E-state index contributed by atoms with van der Waals surface area (Å²) in [6, 6.07) is 40.4. The highest BCUT2D eigenvalue weighted by molar-refractivity contribution is 6.81. The molecule has 0 aliphatic heterocycles. The normalized spacial score (nSPS) is 23.5. The first-order chi connectivity index (χ1) is 48.9. The summed E-state index contributed by atoms with van der Waals surface area (Å²) >= 11 is 0. The Bertz CT molecular complexity index is 9680. The highest BCUT2D eigenvalue weighted by Crippen LogP contribution is 2.91. The molecule has 12 aliphatic carbocycles. The second-order valence-corrected chi connectivity index (χ2v) is 35.4. The maximum atomic E-state index is 2.63. The van der Waals surface area contributed by atoms with Crippen LogP contribution in [0.5, 0.6) is 0 Å². The quantitative estimate of drug-likeness (QED) is 0.105. The second kappa shape index (κ2) is 8.68. The van der Waals surface area contributed by atoms with Gasteiger partial charge in [-0.25, -0.2) is 0 Å². The first kappa shape index (κ1) is 37.2. The van der Waals surface area contributed by atoms with Gasteiger partial charge in [0, 0.05) is 0 Å². The Morgan fingerprint density at radius 3 is 0.276 bits per heavy atom. The van der Waals surface area contributed by atoms with Gasteiger partial charge in [-0.15, -0.1) is 0 Å². The molecule has 0 fully saturated rings. The van der Waals surface area contributed by atoms with E-state index in [1.54, 1.807) is 379 Å². The van der Waals surface area contributed by atoms with Crippen LogP contribution in [-0.2, 0) is 21.7 Å². The predicted molar refractivity (Wildman–Crippen MR) is 410 cm³/mol. The van der Waals surface area contributed by atoms with Gasteiger partial charge < -0.3 is 0 Å². The predicted octanol–water partition coefficient (Wildman–Crippen LogP) is 25.2. The van der Waals surface area contributed by atoms with E-state index in [0.29, 0.717) is 0 Å². The van der Waals surface area contributed by atoms with Gasteiger partial charge in [-0.05, 0) is 422 Å². The standard InChI is InChI=1S/C98H16/c1-5-13-21-17(9-1)83-18-10-2-6-14-22(18)85(21)97-91-75-61-47-37-27-33-29-25-26-30-34-28-36-32(26)42-41-31(25)35(27)45-55(41)69-70-56(42)46(36)60-50-38(28)48-58-44(34)54-40(30)39(29)53-43(33)57(47)71(75)87-67(53)68(54)88(95(83,87)97)72(58)76-62(48)52-64(50)78-74(60)90(70)96-84-19-11-3-7-15-23(19)86(24-16-8-4-12-20(24)84)98(96)93-77-63(49(37)59(45)73(77)89(69)96)51(61)65-79(91)80(92(76)97)66(52)82(81(65)93)94(78)98/h1-16H. The molecule has 12 aliphatic rings. The minimum atomic E-state index is -0.551. The van der Waals surface area contributed by atoms with E-state index in [9.17, 15) is 0 Å². The first-order valence-corrected chi connectivity index (χ1v) is 36.6. The summed E-state index contributed by atoms with van der Waals surface area (Å²) < 4.78 is 0. The average molecular weight is 1190 g/mol. The zero-order chi connectivity index (χ0) is 58.3. The summed E-state index contributed by atoms with van der Waals surface area (Å²) in [4.78, 5) is 0. The van der Waals surface area contributed by atoms with Gasteiger partial charge in [-0.2, -0.15) is 0 Å². The van der Waals surface area contributed by atoms with Crippen LogP contribution < -0.4 is 0 Å². The molecule has 408 valence electrons. The Morgan fingerprint density at radius 2 is 0.173 bits per heavy atom. The molecule has 0 nitrogen and oxygen atoms in total. The molecular weight excluding hydrogens is 1180 g/mol. The highest BCUT2D eigenvalue weighted by atomic mass is 14.8. The van der Waals surface area contributed by atoms with Crippen LogP contribution in [0, 0.1) is 0 Å². The summed E-state index contributed by atoms with van der Waals surface area (Å²) in [6.45, 7) is 0. The van der Waals surface area contributed by atoms with Crippen molar-refractivity contribution in [1.29, 1.82) is 0 Å². The minimum absolute atomic E-state index is 0.536. The number of benzene rings is 27. The third-order valence-corrected chi connectivity index (χ3v) is 35.2. The first-order valence-electron chi connectivity index (χ1n) is 36.6. The van der Waals surface area contributed by atoms with Crippen molar-refractivity contribution in [3.63, 3.8) is 0 Å². The number of hydrogen-bond donors (Lipinski definition) is 0. The Balaban J connectivity index is 1.01. The molecule has 4 bridgehead atoms. The van der Waals surface area contributed by atoms with E-state index >= 15 is 0 Å². The third-order valence-electron chi connectivity index (χ3n) is 35.2. The van der Waals surface area contributed by atoms with E-state index in [1.807, 2.05) is 0 Å². The largest absolute Gasteiger partial charge is 0.0667 e. The highest BCUT2D eigenvalue weighted by Gasteiger charge is 2.77. The molecule has 4 spiro atoms. The van der Waals surface area contributed by atoms with Crippen LogP contribution in [0.25, 0.3) is 355 Å². The van der Waals surface area contributed by atoms with Gasteiger partial charge in [-0.1, -0.05) is 97.1 Å². The summed E-state index contributed by atoms with van der Waals surface area (Å²) in [6.07, 6.45) is 0. The van der Waals surface area contributed by atoms with Crippen LogP contribution in [0.4, 0.5) is 0 Å². The van der Waals surface area contributed by atoms with E-state index in [1.165, 1.54) is 43.1 Å². The minimum Gasteiger partial charge on any atom is -0.0616 e. The van der Waals surface area contributed by atoms with Crippen molar-refractivity contribution >= 4 is 355 Å². The van der Waals surface area contributed by atoms with Crippen molar-refractivity contribution in [1.82, 2.24) is 0 Å². The lowest BCUT2D eigenvalue weighted by atomic mass is 9.40. The fourth-order valence-corrected chi connectivity index (χ4v) is 35.4. The molecule has 0 atom stereocenters. The summed E-state index contributed by atoms with van der Waals surface area (Å²) in [5.41, 5.74) is 18.2. The molecule has 0 radical (unpaired) electrons. The Kier molecular flexibility index (Phi) is 3.29. The zero-order valence-corrected chi connectivity index (χ0v) is 50.2. The van der Waals surface area contributed by atoms with Crippen LogP contribution >= 0.6 is 0 Å². The molecule has 0 saturated heterocycles. The maximum absolute atomic E-state index is 2.63. The zero-order valence-electron chi connectivity index (χ0n) is 50.2. The Morgan fingerprint density at radius 1 is 0.0918 bits per heavy atom. The van der Waals surface area contributed by atoms with Crippen LogP contribution in [0.3, 0.4) is 0 Å². The lowest BCUT2D eigenvalue weighted by Crippen LogP contribution is -2.56. The van der Waals surface area contributed by atoms with Gasteiger partial charge in [-0.3, -0.25) is 0 Å². The van der Waals surface area contributed by atoms with Gasteiger partial charge in [0.25, 0.3) is 0 Å². The van der Waals surface area contributed by atoms with Gasteiger partial charge in [0.1, 0.15) is 0 Å². The Labute approximate surface area is 537 Å². The van der Waals surface area contributed by atoms with Crippen LogP contribution in [-0.4, -0.2) is 0 Å². The molecule has 0 N–H and O–H groups in total. The fraction of sp³-hybridized carbons (Fsp3) is 0.0408. The summed E-state index contributed by atoms with van der Waals surface area (Å²) in [7, 11) is 0. The molecule has 35 aromatic rings. The van der Waals surface area contributed by atoms with Crippen LogP contribution in [0.15, 0.2) is 97.1 Å². The molecular formula is C98H16. The molecule has 0 unspecified atom stereocenters. The van der Waals surface area contributed by atoms with Crippen molar-refractivity contribution < 1.29 is 0 Å². The van der Waals surface area contributed by atoms with E-state index in [-0.39, 0.29) is 0 Å². The van der Waals surface area contributed by atoms with Crippen molar-refractivity contribution in [2.75, 3.05) is 0 Å². The lowest BCUT2D eigenvalue weighted by Gasteiger charge is -2.59. The maximum Gasteiger partial charge on any atom is 0.0667 e. The van der Waals surface area contributed by atoms with Crippen molar-refractivity contribution in [3.05, 3.63) is 164 Å². The topological polar surface area (TPSA) is 0 Å². The van der Waals surface area contributed by atoms with E-state index in [0.717, 1.165) is 0 Å². The molecule has 35 aromatic carbocycles. The van der Waals surface area contributed by atoms with Gasteiger partial charge in [0.15, 0.2) is 0 Å². The second-order valence-electron chi connectivity index (χ2n) is 35.4. The van der Waals surface area contributed by atoms with Gasteiger partial charge in [0.05, 0.1) is 21.7 Å². The van der Waals surface area contributed by atoms with Crippen molar-refractivity contribution in [3.8, 4) is 0 Å². The number of rotatable bonds is 0. The van der Waals surface area contributed by atoms with E-state index in [2.05, 4.69) is 97.1 Å². The van der Waals surface area contributed by atoms with Crippen LogP contribution in [0.1, 0.15) is 66.8 Å². The molecule has 0 heteroatoms. The van der Waals surface area contributed by atoms with Crippen molar-refractivity contribution in [2.45, 2.75) is 21.7 Å². The van der Waals surface area contributed by atoms with Crippen molar-refractivity contribution in [2.24, 2.45) is 0 Å². The smallest absolute Gasteiger partial charge is 0.0616 e. The van der Waals surface area contributed by atoms with Gasteiger partial charge >= 0.3 is 0 Å². The molecule has 98 heavy (non-hydrogen) atoms.